The number of carbonyl (C=O) groups is 2. The van der Waals surface area contributed by atoms with Gasteiger partial charge in [0.25, 0.3) is 0 Å². The lowest BCUT2D eigenvalue weighted by molar-refractivity contribution is -0.505. The number of ether oxygens (including phenoxy) is 3. The molecule has 0 radical (unpaired) electrons. The lowest BCUT2D eigenvalue weighted by atomic mass is 9.93. The first kappa shape index (κ1) is 29.2. The molecular weight excluding hydrogens is 526 g/mol. The van der Waals surface area contributed by atoms with Crippen molar-refractivity contribution in [2.45, 2.75) is 69.5 Å². The predicted octanol–water partition coefficient (Wildman–Crippen LogP) is 3.36. The highest BCUT2D eigenvalue weighted by Crippen LogP contribution is 2.58. The highest BCUT2D eigenvalue weighted by Gasteiger charge is 2.69. The van der Waals surface area contributed by atoms with Crippen molar-refractivity contribution in [3.8, 4) is 0 Å². The number of hydrogen-bond donors (Lipinski definition) is 1. The molecule has 0 aromatic heterocycles. The fourth-order valence-corrected chi connectivity index (χ4v) is 6.84. The Hall–Kier alpha value is -3.34. The SMILES string of the molecule is CCC1[C@H](C)[C@@]1(OCc1ccccc1)[C@H](NC(=O)[C@@H]1CCCN1C1(C[N+](=O)[O-])COC1)C(=O)OCc1ccccc1. The Labute approximate surface area is 240 Å². The highest BCUT2D eigenvalue weighted by molar-refractivity contribution is 5.89. The number of nitrogens with zero attached hydrogens (tertiary/aromatic N) is 2. The van der Waals surface area contributed by atoms with E-state index in [1.165, 1.54) is 0 Å². The summed E-state index contributed by atoms with van der Waals surface area (Å²) in [6, 6.07) is 17.5. The molecule has 5 rings (SSSR count). The van der Waals surface area contributed by atoms with Crippen LogP contribution in [0.2, 0.25) is 0 Å². The average Bonchev–Trinajstić information content (AvgIpc) is 3.26. The van der Waals surface area contributed by atoms with Crippen molar-refractivity contribution in [1.29, 1.82) is 0 Å². The van der Waals surface area contributed by atoms with Crippen molar-refractivity contribution < 1.29 is 28.7 Å². The van der Waals surface area contributed by atoms with Gasteiger partial charge in [-0.25, -0.2) is 4.79 Å². The first-order chi connectivity index (χ1) is 19.8. The van der Waals surface area contributed by atoms with E-state index in [0.717, 1.165) is 24.0 Å². The minimum Gasteiger partial charge on any atom is -0.459 e. The van der Waals surface area contributed by atoms with E-state index in [0.29, 0.717) is 19.6 Å². The third kappa shape index (κ3) is 5.86. The first-order valence-electron chi connectivity index (χ1n) is 14.5. The lowest BCUT2D eigenvalue weighted by Gasteiger charge is -2.47. The number of esters is 1. The third-order valence-corrected chi connectivity index (χ3v) is 9.08. The van der Waals surface area contributed by atoms with Gasteiger partial charge in [-0.1, -0.05) is 80.9 Å². The molecule has 2 heterocycles. The second kappa shape index (κ2) is 12.3. The van der Waals surface area contributed by atoms with Crippen molar-refractivity contribution in [2.24, 2.45) is 11.8 Å². The van der Waals surface area contributed by atoms with Crippen LogP contribution < -0.4 is 5.32 Å². The molecule has 3 fully saturated rings. The standard InChI is InChI=1S/C31H39N3O7/c1-3-25-22(2)31(25,41-18-24-13-8-5-9-14-24)27(29(36)40-17-23-11-6-4-7-12-23)32-28(35)26-15-10-16-33(26)30(19-34(37)38)20-39-21-30/h4-9,11-14,22,25-27H,3,10,15-21H2,1-2H3,(H,32,35)/t22-,25?,26-,27+,31-/m0/s1. The molecule has 1 unspecified atom stereocenters. The molecule has 0 bridgehead atoms. The van der Waals surface area contributed by atoms with E-state index < -0.39 is 29.2 Å². The summed E-state index contributed by atoms with van der Waals surface area (Å²) < 4.78 is 17.8. The summed E-state index contributed by atoms with van der Waals surface area (Å²) in [5.41, 5.74) is 0.0632. The van der Waals surface area contributed by atoms with Gasteiger partial charge in [0, 0.05) is 4.92 Å². The minimum absolute atomic E-state index is 0.00586. The Morgan fingerprint density at radius 3 is 2.27 bits per heavy atom. The number of nitrogens with one attached hydrogen (secondary N) is 1. The van der Waals surface area contributed by atoms with Gasteiger partial charge >= 0.3 is 5.97 Å². The molecule has 2 aromatic rings. The monoisotopic (exact) mass is 565 g/mol. The number of benzene rings is 2. The van der Waals surface area contributed by atoms with E-state index >= 15 is 0 Å². The van der Waals surface area contributed by atoms with Crippen LogP contribution >= 0.6 is 0 Å². The molecule has 1 aliphatic carbocycles. The first-order valence-corrected chi connectivity index (χ1v) is 14.5. The van der Waals surface area contributed by atoms with E-state index in [1.807, 2.05) is 72.5 Å². The van der Waals surface area contributed by atoms with Gasteiger partial charge in [-0.05, 0) is 42.3 Å². The Balaban J connectivity index is 1.40. The molecule has 1 N–H and O–H groups in total. The number of hydrogen-bond acceptors (Lipinski definition) is 8. The summed E-state index contributed by atoms with van der Waals surface area (Å²) in [7, 11) is 0. The zero-order valence-corrected chi connectivity index (χ0v) is 23.7. The van der Waals surface area contributed by atoms with Crippen LogP contribution in [-0.2, 0) is 37.0 Å². The number of carbonyl (C=O) groups excluding carboxylic acids is 2. The molecule has 10 heteroatoms. The summed E-state index contributed by atoms with van der Waals surface area (Å²) in [5, 5.41) is 14.5. The van der Waals surface area contributed by atoms with Crippen molar-refractivity contribution in [3.05, 3.63) is 81.9 Å². The molecule has 0 spiro atoms. The Bertz CT molecular complexity index is 1220. The highest BCUT2D eigenvalue weighted by atomic mass is 16.6. The quantitative estimate of drug-likeness (QED) is 0.223. The van der Waals surface area contributed by atoms with Gasteiger partial charge in [0.05, 0.1) is 25.9 Å². The topological polar surface area (TPSA) is 120 Å². The number of nitro groups is 1. The van der Waals surface area contributed by atoms with Gasteiger partial charge < -0.3 is 19.5 Å². The average molecular weight is 566 g/mol. The molecule has 10 nitrogen and oxygen atoms in total. The second-order valence-electron chi connectivity index (χ2n) is 11.5. The van der Waals surface area contributed by atoms with Crippen molar-refractivity contribution in [3.63, 3.8) is 0 Å². The molecule has 220 valence electrons. The number of amides is 1. The van der Waals surface area contributed by atoms with Crippen molar-refractivity contribution in [2.75, 3.05) is 26.3 Å². The molecule has 2 aliphatic heterocycles. The summed E-state index contributed by atoms with van der Waals surface area (Å²) in [4.78, 5) is 40.8. The van der Waals surface area contributed by atoms with Gasteiger partial charge in [-0.2, -0.15) is 0 Å². The van der Waals surface area contributed by atoms with Crippen LogP contribution in [0.1, 0.15) is 44.2 Å². The van der Waals surface area contributed by atoms with E-state index in [2.05, 4.69) is 12.2 Å². The van der Waals surface area contributed by atoms with Gasteiger partial charge in [0.15, 0.2) is 6.04 Å². The van der Waals surface area contributed by atoms with Gasteiger partial charge in [-0.15, -0.1) is 0 Å². The molecule has 1 amide bonds. The molecular formula is C31H39N3O7. The maximum atomic E-state index is 13.9. The Morgan fingerprint density at radius 1 is 1.10 bits per heavy atom. The van der Waals surface area contributed by atoms with Crippen molar-refractivity contribution in [1.82, 2.24) is 10.2 Å². The van der Waals surface area contributed by atoms with Gasteiger partial charge in [0.2, 0.25) is 12.5 Å². The summed E-state index contributed by atoms with van der Waals surface area (Å²) in [6.45, 7) is 5.14. The van der Waals surface area contributed by atoms with Crippen LogP contribution in [0.5, 0.6) is 0 Å². The second-order valence-corrected chi connectivity index (χ2v) is 11.5. The van der Waals surface area contributed by atoms with E-state index in [-0.39, 0.29) is 49.0 Å². The Morgan fingerprint density at radius 2 is 1.73 bits per heavy atom. The predicted molar refractivity (Wildman–Crippen MR) is 150 cm³/mol. The molecule has 3 aliphatic rings. The van der Waals surface area contributed by atoms with Crippen LogP contribution in [0.3, 0.4) is 0 Å². The van der Waals surface area contributed by atoms with Crippen LogP contribution in [0, 0.1) is 22.0 Å². The summed E-state index contributed by atoms with van der Waals surface area (Å²) in [6.07, 6.45) is 2.04. The van der Waals surface area contributed by atoms with Crippen LogP contribution in [0.15, 0.2) is 60.7 Å². The van der Waals surface area contributed by atoms with Crippen LogP contribution in [0.4, 0.5) is 0 Å². The molecule has 2 aromatic carbocycles. The molecule has 5 atom stereocenters. The molecule has 2 saturated heterocycles. The fourth-order valence-electron chi connectivity index (χ4n) is 6.84. The lowest BCUT2D eigenvalue weighted by Crippen LogP contribution is -2.69. The fraction of sp³-hybridized carbons (Fsp3) is 0.548. The summed E-state index contributed by atoms with van der Waals surface area (Å²) >= 11 is 0. The van der Waals surface area contributed by atoms with E-state index in [9.17, 15) is 19.7 Å². The van der Waals surface area contributed by atoms with E-state index in [4.69, 9.17) is 14.2 Å². The third-order valence-electron chi connectivity index (χ3n) is 9.08. The summed E-state index contributed by atoms with van der Waals surface area (Å²) in [5.74, 6) is -0.835. The number of rotatable bonds is 13. The minimum atomic E-state index is -1.03. The molecule has 41 heavy (non-hydrogen) atoms. The van der Waals surface area contributed by atoms with Crippen LogP contribution in [-0.4, -0.2) is 71.2 Å². The zero-order chi connectivity index (χ0) is 29.0. The maximum Gasteiger partial charge on any atom is 0.332 e. The zero-order valence-electron chi connectivity index (χ0n) is 23.7. The van der Waals surface area contributed by atoms with Gasteiger partial charge in [-0.3, -0.25) is 19.8 Å². The van der Waals surface area contributed by atoms with E-state index in [1.54, 1.807) is 0 Å². The van der Waals surface area contributed by atoms with Gasteiger partial charge in [0.1, 0.15) is 17.7 Å². The normalized spacial score (nSPS) is 27.4. The Kier molecular flexibility index (Phi) is 8.72. The smallest absolute Gasteiger partial charge is 0.332 e. The molecule has 1 saturated carbocycles. The maximum absolute atomic E-state index is 13.9. The number of likely N-dealkylation sites (tertiary alicyclic amines) is 1. The van der Waals surface area contributed by atoms with Crippen LogP contribution in [0.25, 0.3) is 0 Å². The van der Waals surface area contributed by atoms with Crippen molar-refractivity contribution >= 4 is 11.9 Å². The largest absolute Gasteiger partial charge is 0.459 e.